The standard InChI is InChI=1S/C4H7O2P/c5-7-6-4-2-1-3-4/h4H,1-3H2. The van der Waals surface area contributed by atoms with Crippen LogP contribution in [0, 0.1) is 0 Å². The number of hydrogen-bond acceptors (Lipinski definition) is 2. The van der Waals surface area contributed by atoms with Gasteiger partial charge in [0.1, 0.15) is 0 Å². The predicted molar refractivity (Wildman–Crippen MR) is 26.3 cm³/mol. The van der Waals surface area contributed by atoms with Gasteiger partial charge in [0.15, 0.2) is 0 Å². The molecule has 0 radical (unpaired) electrons. The zero-order valence-corrected chi connectivity index (χ0v) is 4.86. The van der Waals surface area contributed by atoms with Crippen LogP contribution in [-0.4, -0.2) is 6.10 Å². The van der Waals surface area contributed by atoms with Crippen LogP contribution in [-0.2, 0) is 9.09 Å². The highest BCUT2D eigenvalue weighted by atomic mass is 31.1. The number of hydrogen-bond donors (Lipinski definition) is 0. The van der Waals surface area contributed by atoms with Crippen LogP contribution < -0.4 is 0 Å². The molecule has 0 aromatic heterocycles. The Morgan fingerprint density at radius 1 is 1.57 bits per heavy atom. The molecule has 1 aliphatic carbocycles. The van der Waals surface area contributed by atoms with Crippen LogP contribution in [0.3, 0.4) is 0 Å². The molecule has 1 rings (SSSR count). The molecule has 40 valence electrons. The topological polar surface area (TPSA) is 26.3 Å². The summed E-state index contributed by atoms with van der Waals surface area (Å²) >= 11 is 0. The zero-order chi connectivity index (χ0) is 5.11. The van der Waals surface area contributed by atoms with Crippen LogP contribution in [0.4, 0.5) is 0 Å². The molecule has 0 aromatic rings. The summed E-state index contributed by atoms with van der Waals surface area (Å²) in [5.41, 5.74) is 0. The van der Waals surface area contributed by atoms with E-state index in [0.717, 1.165) is 12.8 Å². The number of rotatable bonds is 2. The van der Waals surface area contributed by atoms with Crippen molar-refractivity contribution in [1.29, 1.82) is 0 Å². The molecule has 0 heterocycles. The van der Waals surface area contributed by atoms with E-state index >= 15 is 0 Å². The molecule has 0 atom stereocenters. The molecule has 1 saturated carbocycles. The molecule has 3 heteroatoms. The van der Waals surface area contributed by atoms with E-state index in [1.165, 1.54) is 6.42 Å². The van der Waals surface area contributed by atoms with E-state index in [4.69, 9.17) is 4.52 Å². The van der Waals surface area contributed by atoms with E-state index in [1.54, 1.807) is 0 Å². The monoisotopic (exact) mass is 118 g/mol. The fourth-order valence-electron chi connectivity index (χ4n) is 0.537. The minimum Gasteiger partial charge on any atom is -0.291 e. The zero-order valence-electron chi connectivity index (χ0n) is 3.96. The van der Waals surface area contributed by atoms with Gasteiger partial charge in [-0.3, -0.25) is 4.52 Å². The van der Waals surface area contributed by atoms with Crippen molar-refractivity contribution >= 4 is 8.69 Å². The van der Waals surface area contributed by atoms with E-state index in [9.17, 15) is 4.57 Å². The normalized spacial score (nSPS) is 22.3. The van der Waals surface area contributed by atoms with E-state index < -0.39 is 0 Å². The Bertz CT molecular complexity index is 70.1. The fourth-order valence-corrected chi connectivity index (χ4v) is 0.870. The van der Waals surface area contributed by atoms with Gasteiger partial charge in [0, 0.05) is 0 Å². The fraction of sp³-hybridized carbons (Fsp3) is 1.00. The third-order valence-corrected chi connectivity index (χ3v) is 1.63. The van der Waals surface area contributed by atoms with Crippen molar-refractivity contribution in [1.82, 2.24) is 0 Å². The first-order valence-electron chi connectivity index (χ1n) is 2.42. The molecule has 0 unspecified atom stereocenters. The average molecular weight is 118 g/mol. The van der Waals surface area contributed by atoms with E-state index in [-0.39, 0.29) is 8.69 Å². The first-order valence-corrected chi connectivity index (χ1v) is 3.15. The lowest BCUT2D eigenvalue weighted by Gasteiger charge is -2.20. The molecule has 0 saturated heterocycles. The largest absolute Gasteiger partial charge is 0.327 e. The van der Waals surface area contributed by atoms with Crippen molar-refractivity contribution in [3.8, 4) is 0 Å². The Hall–Kier alpha value is 0.0600. The maximum absolute atomic E-state index is 9.68. The second kappa shape index (κ2) is 2.39. The first kappa shape index (κ1) is 5.20. The molecule has 0 bridgehead atoms. The highest BCUT2D eigenvalue weighted by Gasteiger charge is 2.17. The van der Waals surface area contributed by atoms with Crippen molar-refractivity contribution < 1.29 is 9.09 Å². The Morgan fingerprint density at radius 2 is 2.29 bits per heavy atom. The second-order valence-electron chi connectivity index (χ2n) is 1.73. The van der Waals surface area contributed by atoms with Gasteiger partial charge in [-0.1, -0.05) is 0 Å². The summed E-state index contributed by atoms with van der Waals surface area (Å²) in [7, 11) is -0.159. The molecule has 1 aliphatic rings. The molecule has 0 amide bonds. The molecule has 0 N–H and O–H groups in total. The molecular weight excluding hydrogens is 111 g/mol. The van der Waals surface area contributed by atoms with Gasteiger partial charge in [-0.05, 0) is 19.3 Å². The lowest BCUT2D eigenvalue weighted by molar-refractivity contribution is 0.136. The molecule has 1 fully saturated rings. The minimum absolute atomic E-state index is 0.159. The summed E-state index contributed by atoms with van der Waals surface area (Å²) in [6.45, 7) is 0. The third kappa shape index (κ3) is 1.22. The third-order valence-electron chi connectivity index (χ3n) is 1.24. The van der Waals surface area contributed by atoms with Gasteiger partial charge < -0.3 is 0 Å². The highest BCUT2D eigenvalue weighted by molar-refractivity contribution is 7.17. The Kier molecular flexibility index (Phi) is 1.77. The average Bonchev–Trinajstić information content (AvgIpc) is 1.55. The molecule has 2 nitrogen and oxygen atoms in total. The smallest absolute Gasteiger partial charge is 0.291 e. The van der Waals surface area contributed by atoms with Crippen LogP contribution in [0.25, 0.3) is 0 Å². The predicted octanol–water partition coefficient (Wildman–Crippen LogP) is 1.76. The van der Waals surface area contributed by atoms with Crippen molar-refractivity contribution in [2.45, 2.75) is 25.4 Å². The van der Waals surface area contributed by atoms with Crippen molar-refractivity contribution in [3.05, 3.63) is 0 Å². The summed E-state index contributed by atoms with van der Waals surface area (Å²) in [6, 6.07) is 0. The first-order chi connectivity index (χ1) is 3.43. The summed E-state index contributed by atoms with van der Waals surface area (Å²) in [4.78, 5) is 0. The lowest BCUT2D eigenvalue weighted by atomic mass is 9.97. The Morgan fingerprint density at radius 3 is 2.43 bits per heavy atom. The van der Waals surface area contributed by atoms with Crippen molar-refractivity contribution in [2.24, 2.45) is 0 Å². The molecule has 7 heavy (non-hydrogen) atoms. The quantitative estimate of drug-likeness (QED) is 0.516. The molecule has 0 aliphatic heterocycles. The van der Waals surface area contributed by atoms with Gasteiger partial charge in [0.2, 0.25) is 0 Å². The lowest BCUT2D eigenvalue weighted by Crippen LogP contribution is -2.16. The van der Waals surface area contributed by atoms with Crippen LogP contribution in [0.5, 0.6) is 0 Å². The Balaban J connectivity index is 2.03. The van der Waals surface area contributed by atoms with Crippen molar-refractivity contribution in [3.63, 3.8) is 0 Å². The Labute approximate surface area is 44.1 Å². The van der Waals surface area contributed by atoms with Gasteiger partial charge in [0.25, 0.3) is 0 Å². The van der Waals surface area contributed by atoms with E-state index in [2.05, 4.69) is 0 Å². The summed E-state index contributed by atoms with van der Waals surface area (Å²) < 4.78 is 14.4. The minimum atomic E-state index is -0.159. The van der Waals surface area contributed by atoms with Gasteiger partial charge in [0.05, 0.1) is 6.10 Å². The van der Waals surface area contributed by atoms with Gasteiger partial charge >= 0.3 is 8.69 Å². The van der Waals surface area contributed by atoms with Crippen LogP contribution in [0.1, 0.15) is 19.3 Å². The summed E-state index contributed by atoms with van der Waals surface area (Å²) in [5.74, 6) is 0. The molecule has 0 aromatic carbocycles. The van der Waals surface area contributed by atoms with Crippen LogP contribution >= 0.6 is 8.69 Å². The summed E-state index contributed by atoms with van der Waals surface area (Å²) in [6.07, 6.45) is 3.73. The molecule has 0 spiro atoms. The maximum Gasteiger partial charge on any atom is 0.327 e. The SMILES string of the molecule is O=POC1CCC1. The van der Waals surface area contributed by atoms with E-state index in [0.29, 0.717) is 6.10 Å². The highest BCUT2D eigenvalue weighted by Crippen LogP contribution is 2.24. The van der Waals surface area contributed by atoms with Gasteiger partial charge in [-0.25, -0.2) is 4.57 Å². The van der Waals surface area contributed by atoms with Gasteiger partial charge in [-0.2, -0.15) is 0 Å². The van der Waals surface area contributed by atoms with E-state index in [1.807, 2.05) is 0 Å². The maximum atomic E-state index is 9.68. The van der Waals surface area contributed by atoms with Crippen LogP contribution in [0.2, 0.25) is 0 Å². The van der Waals surface area contributed by atoms with Gasteiger partial charge in [-0.15, -0.1) is 0 Å². The van der Waals surface area contributed by atoms with Crippen molar-refractivity contribution in [2.75, 3.05) is 0 Å². The second-order valence-corrected chi connectivity index (χ2v) is 2.09. The summed E-state index contributed by atoms with van der Waals surface area (Å²) in [5, 5.41) is 0. The molecular formula is C4H7O2P. The van der Waals surface area contributed by atoms with Crippen LogP contribution in [0.15, 0.2) is 0 Å².